The normalized spacial score (nSPS) is 15.9. The van der Waals surface area contributed by atoms with Gasteiger partial charge in [-0.1, -0.05) is 42.8 Å². The van der Waals surface area contributed by atoms with Crippen LogP contribution >= 0.6 is 0 Å². The topological polar surface area (TPSA) is 104 Å². The molecule has 1 fully saturated rings. The number of rotatable bonds is 13. The molecule has 2 rings (SSSR count). The maximum atomic E-state index is 7.97. The standard InChI is InChI=1S/C29H42N6/c1-6-9-27(22(4)30)15-25(7-2)29(32)20-35(33-5)19-24-12-13-26(21(3)14-24)16-28(31)18-34-17-23-10-8-11-23/h6-7,9,12-16,20,23,30,34H,5,8,10-11,17-19,31-32H2,1-4H3/b9-6-,25-7+,27-15-,28-16-,29-20-,30-22?. The molecule has 0 saturated heterocycles. The van der Waals surface area contributed by atoms with Crippen molar-refractivity contribution in [1.82, 2.24) is 10.3 Å². The summed E-state index contributed by atoms with van der Waals surface area (Å²) >= 11 is 0. The minimum Gasteiger partial charge on any atom is -0.401 e. The molecular weight excluding hydrogens is 432 g/mol. The SMILES string of the molecule is C=NN(/C=C(N)/C(/C=C(/C=C\C)C(C)=N)=C/C)Cc1ccc(/C=C(\N)CNCC2CCC2)c(C)c1. The van der Waals surface area contributed by atoms with Gasteiger partial charge in [-0.05, 0) is 93.0 Å². The zero-order chi connectivity index (χ0) is 25.8. The van der Waals surface area contributed by atoms with Gasteiger partial charge in [-0.25, -0.2) is 0 Å². The largest absolute Gasteiger partial charge is 0.401 e. The van der Waals surface area contributed by atoms with E-state index < -0.39 is 0 Å². The lowest BCUT2D eigenvalue weighted by Gasteiger charge is -2.25. The van der Waals surface area contributed by atoms with E-state index in [4.69, 9.17) is 16.9 Å². The minimum absolute atomic E-state index is 0.480. The van der Waals surface area contributed by atoms with E-state index in [0.717, 1.165) is 46.0 Å². The van der Waals surface area contributed by atoms with Crippen LogP contribution in [-0.4, -0.2) is 30.5 Å². The van der Waals surface area contributed by atoms with Crippen molar-refractivity contribution in [3.63, 3.8) is 0 Å². The molecule has 0 aliphatic heterocycles. The Bertz CT molecular complexity index is 1040. The summed E-state index contributed by atoms with van der Waals surface area (Å²) in [7, 11) is 0. The summed E-state index contributed by atoms with van der Waals surface area (Å²) < 4.78 is 0. The van der Waals surface area contributed by atoms with Gasteiger partial charge in [-0.15, -0.1) is 0 Å². The van der Waals surface area contributed by atoms with Crippen molar-refractivity contribution in [3.05, 3.63) is 87.9 Å². The molecule has 1 aromatic rings. The Labute approximate surface area is 211 Å². The lowest BCUT2D eigenvalue weighted by atomic mass is 9.85. The molecule has 188 valence electrons. The quantitative estimate of drug-likeness (QED) is 0.175. The fourth-order valence-electron chi connectivity index (χ4n) is 3.89. The molecule has 6 N–H and O–H groups in total. The zero-order valence-corrected chi connectivity index (χ0v) is 21.8. The van der Waals surface area contributed by atoms with E-state index in [1.807, 2.05) is 44.2 Å². The molecule has 0 heterocycles. The molecule has 35 heavy (non-hydrogen) atoms. The van der Waals surface area contributed by atoms with E-state index in [9.17, 15) is 0 Å². The number of hydrogen-bond acceptors (Lipinski definition) is 6. The molecule has 1 aliphatic carbocycles. The van der Waals surface area contributed by atoms with Crippen LogP contribution in [0.4, 0.5) is 0 Å². The van der Waals surface area contributed by atoms with Gasteiger partial charge in [0, 0.05) is 30.9 Å². The molecule has 0 amide bonds. The van der Waals surface area contributed by atoms with Gasteiger partial charge in [0.25, 0.3) is 0 Å². The average Bonchev–Trinajstić information content (AvgIpc) is 2.79. The van der Waals surface area contributed by atoms with Crippen LogP contribution in [0.5, 0.6) is 0 Å². The third-order valence-electron chi connectivity index (χ3n) is 6.21. The molecule has 0 spiro atoms. The molecule has 0 atom stereocenters. The number of allylic oxidation sites excluding steroid dienone is 5. The van der Waals surface area contributed by atoms with Crippen LogP contribution < -0.4 is 16.8 Å². The van der Waals surface area contributed by atoms with Gasteiger partial charge in [0.05, 0.1) is 12.2 Å². The second-order valence-corrected chi connectivity index (χ2v) is 9.13. The fraction of sp³-hybridized carbons (Fsp3) is 0.379. The van der Waals surface area contributed by atoms with Gasteiger partial charge in [0.15, 0.2) is 0 Å². The van der Waals surface area contributed by atoms with Crippen molar-refractivity contribution in [2.45, 2.75) is 53.5 Å². The highest BCUT2D eigenvalue weighted by Crippen LogP contribution is 2.25. The number of nitrogens with one attached hydrogen (secondary N) is 2. The maximum absolute atomic E-state index is 7.97. The second-order valence-electron chi connectivity index (χ2n) is 9.13. The van der Waals surface area contributed by atoms with Crippen molar-refractivity contribution < 1.29 is 0 Å². The van der Waals surface area contributed by atoms with E-state index in [-0.39, 0.29) is 0 Å². The van der Waals surface area contributed by atoms with Crippen LogP contribution in [0, 0.1) is 18.3 Å². The van der Waals surface area contributed by atoms with E-state index >= 15 is 0 Å². The number of hydrazone groups is 1. The predicted octanol–water partition coefficient (Wildman–Crippen LogP) is 5.39. The lowest BCUT2D eigenvalue weighted by molar-refractivity contribution is 0.305. The van der Waals surface area contributed by atoms with Crippen LogP contribution in [0.3, 0.4) is 0 Å². The second kappa shape index (κ2) is 14.1. The smallest absolute Gasteiger partial charge is 0.0660 e. The number of aryl methyl sites for hydroxylation is 1. The summed E-state index contributed by atoms with van der Waals surface area (Å²) in [4.78, 5) is 0. The van der Waals surface area contributed by atoms with Crippen molar-refractivity contribution in [2.24, 2.45) is 22.5 Å². The number of hydrogen-bond donors (Lipinski definition) is 4. The maximum Gasteiger partial charge on any atom is 0.0660 e. The average molecular weight is 475 g/mol. The van der Waals surface area contributed by atoms with Crippen LogP contribution in [0.15, 0.2) is 76.3 Å². The summed E-state index contributed by atoms with van der Waals surface area (Å²) in [6.07, 6.45) is 15.5. The molecule has 1 aliphatic rings. The number of nitrogens with zero attached hydrogens (tertiary/aromatic N) is 2. The molecule has 6 nitrogen and oxygen atoms in total. The minimum atomic E-state index is 0.480. The Hall–Kier alpha value is -3.38. The van der Waals surface area contributed by atoms with Gasteiger partial charge in [0.1, 0.15) is 0 Å². The van der Waals surface area contributed by atoms with E-state index in [2.05, 4.69) is 42.3 Å². The highest BCUT2D eigenvalue weighted by Gasteiger charge is 2.16. The molecule has 0 aromatic heterocycles. The van der Waals surface area contributed by atoms with E-state index in [0.29, 0.717) is 24.5 Å². The monoisotopic (exact) mass is 474 g/mol. The summed E-state index contributed by atoms with van der Waals surface area (Å²) in [5.74, 6) is 0.823. The Morgan fingerprint density at radius 3 is 2.54 bits per heavy atom. The number of nitrogens with two attached hydrogens (primary N) is 2. The molecule has 1 aromatic carbocycles. The fourth-order valence-corrected chi connectivity index (χ4v) is 3.89. The van der Waals surface area contributed by atoms with Gasteiger partial charge >= 0.3 is 0 Å². The molecule has 0 bridgehead atoms. The summed E-state index contributed by atoms with van der Waals surface area (Å²) in [5, 5.41) is 17.3. The van der Waals surface area contributed by atoms with E-state index in [1.54, 1.807) is 18.1 Å². The van der Waals surface area contributed by atoms with Gasteiger partial charge in [0.2, 0.25) is 0 Å². The Kier molecular flexibility index (Phi) is 11.2. The molecule has 6 heteroatoms. The molecule has 0 unspecified atom stereocenters. The highest BCUT2D eigenvalue weighted by atomic mass is 15.4. The lowest BCUT2D eigenvalue weighted by Crippen LogP contribution is -2.30. The third-order valence-corrected chi connectivity index (χ3v) is 6.21. The van der Waals surface area contributed by atoms with Crippen molar-refractivity contribution >= 4 is 18.5 Å². The first-order valence-corrected chi connectivity index (χ1v) is 12.3. The van der Waals surface area contributed by atoms with Crippen molar-refractivity contribution in [1.29, 1.82) is 5.41 Å². The van der Waals surface area contributed by atoms with Crippen LogP contribution in [0.1, 0.15) is 56.7 Å². The first-order valence-electron chi connectivity index (χ1n) is 12.3. The predicted molar refractivity (Wildman–Crippen MR) is 151 cm³/mol. The Morgan fingerprint density at radius 1 is 1.26 bits per heavy atom. The van der Waals surface area contributed by atoms with Crippen LogP contribution in [0.2, 0.25) is 0 Å². The number of benzene rings is 1. The Morgan fingerprint density at radius 2 is 2.00 bits per heavy atom. The molecule has 1 saturated carbocycles. The highest BCUT2D eigenvalue weighted by molar-refractivity contribution is 5.98. The molecule has 0 radical (unpaired) electrons. The summed E-state index contributed by atoms with van der Waals surface area (Å²) in [6.45, 7) is 13.7. The van der Waals surface area contributed by atoms with Gasteiger partial charge in [-0.3, -0.25) is 5.01 Å². The van der Waals surface area contributed by atoms with E-state index in [1.165, 1.54) is 19.3 Å². The molecular formula is C29H42N6. The first-order chi connectivity index (χ1) is 16.8. The zero-order valence-electron chi connectivity index (χ0n) is 21.8. The first kappa shape index (κ1) is 27.9. The Balaban J connectivity index is 2.08. The summed E-state index contributed by atoms with van der Waals surface area (Å²) in [5.41, 5.74) is 19.5. The summed E-state index contributed by atoms with van der Waals surface area (Å²) in [6, 6.07) is 6.31. The third kappa shape index (κ3) is 9.06. The van der Waals surface area contributed by atoms with Crippen molar-refractivity contribution in [3.8, 4) is 0 Å². The van der Waals surface area contributed by atoms with Crippen molar-refractivity contribution in [2.75, 3.05) is 13.1 Å². The van der Waals surface area contributed by atoms with Crippen LogP contribution in [0.25, 0.3) is 6.08 Å². The van der Waals surface area contributed by atoms with Gasteiger partial charge in [-0.2, -0.15) is 5.10 Å². The van der Waals surface area contributed by atoms with Gasteiger partial charge < -0.3 is 22.2 Å². The van der Waals surface area contributed by atoms with Crippen LogP contribution in [-0.2, 0) is 6.54 Å².